The number of benzene rings is 1. The third-order valence-electron chi connectivity index (χ3n) is 3.77. The standard InChI is InChI=1S/C17H21N3O/c1-12-2-4-15-10-13(3-7-16(15)20-12)11-18-8-9-19-17(21)14-5-6-14/h2-4,7,10,14,18H,5-6,8-9,11H2,1H3,(H,19,21). The van der Waals surface area contributed by atoms with Crippen molar-refractivity contribution in [2.75, 3.05) is 13.1 Å². The van der Waals surface area contributed by atoms with Crippen molar-refractivity contribution in [1.29, 1.82) is 0 Å². The number of pyridine rings is 1. The zero-order valence-corrected chi connectivity index (χ0v) is 12.4. The second-order valence-corrected chi connectivity index (χ2v) is 5.72. The van der Waals surface area contributed by atoms with Gasteiger partial charge in [-0.1, -0.05) is 12.1 Å². The number of aromatic nitrogens is 1. The number of nitrogens with zero attached hydrogens (tertiary/aromatic N) is 1. The summed E-state index contributed by atoms with van der Waals surface area (Å²) in [7, 11) is 0. The Morgan fingerprint density at radius 2 is 2.10 bits per heavy atom. The lowest BCUT2D eigenvalue weighted by Crippen LogP contribution is -2.32. The van der Waals surface area contributed by atoms with Crippen LogP contribution in [0.3, 0.4) is 0 Å². The molecule has 1 aromatic heterocycles. The van der Waals surface area contributed by atoms with Gasteiger partial charge in [0.15, 0.2) is 0 Å². The summed E-state index contributed by atoms with van der Waals surface area (Å²) in [5.74, 6) is 0.505. The van der Waals surface area contributed by atoms with Crippen molar-refractivity contribution in [3.05, 3.63) is 41.6 Å². The molecule has 1 fully saturated rings. The molecule has 0 aliphatic heterocycles. The summed E-state index contributed by atoms with van der Waals surface area (Å²) < 4.78 is 0. The van der Waals surface area contributed by atoms with Gasteiger partial charge in [0.25, 0.3) is 0 Å². The van der Waals surface area contributed by atoms with Gasteiger partial charge in [-0.15, -0.1) is 0 Å². The number of rotatable bonds is 6. The van der Waals surface area contributed by atoms with Crippen molar-refractivity contribution in [2.24, 2.45) is 5.92 Å². The average molecular weight is 283 g/mol. The molecular weight excluding hydrogens is 262 g/mol. The summed E-state index contributed by atoms with van der Waals surface area (Å²) in [5.41, 5.74) is 3.32. The van der Waals surface area contributed by atoms with E-state index in [9.17, 15) is 4.79 Å². The van der Waals surface area contributed by atoms with E-state index in [4.69, 9.17) is 0 Å². The van der Waals surface area contributed by atoms with Crippen molar-refractivity contribution in [1.82, 2.24) is 15.6 Å². The van der Waals surface area contributed by atoms with Gasteiger partial charge in [-0.2, -0.15) is 0 Å². The summed E-state index contributed by atoms with van der Waals surface area (Å²) >= 11 is 0. The molecule has 1 aromatic carbocycles. The number of hydrogen-bond donors (Lipinski definition) is 2. The minimum Gasteiger partial charge on any atom is -0.355 e. The molecule has 0 atom stereocenters. The number of amides is 1. The minimum atomic E-state index is 0.212. The number of hydrogen-bond acceptors (Lipinski definition) is 3. The molecule has 21 heavy (non-hydrogen) atoms. The smallest absolute Gasteiger partial charge is 0.223 e. The van der Waals surface area contributed by atoms with E-state index >= 15 is 0 Å². The van der Waals surface area contributed by atoms with Gasteiger partial charge < -0.3 is 10.6 Å². The fourth-order valence-corrected chi connectivity index (χ4v) is 2.38. The highest BCUT2D eigenvalue weighted by atomic mass is 16.2. The van der Waals surface area contributed by atoms with Crippen LogP contribution in [0.4, 0.5) is 0 Å². The van der Waals surface area contributed by atoms with Crippen LogP contribution in [0.5, 0.6) is 0 Å². The number of carbonyl (C=O) groups excluding carboxylic acids is 1. The topological polar surface area (TPSA) is 54.0 Å². The molecule has 0 radical (unpaired) electrons. The molecule has 110 valence electrons. The quantitative estimate of drug-likeness (QED) is 0.799. The number of nitrogens with one attached hydrogen (secondary N) is 2. The zero-order valence-electron chi connectivity index (χ0n) is 12.4. The van der Waals surface area contributed by atoms with Crippen molar-refractivity contribution in [3.63, 3.8) is 0 Å². The number of fused-ring (bicyclic) bond motifs is 1. The lowest BCUT2D eigenvalue weighted by Gasteiger charge is -2.07. The van der Waals surface area contributed by atoms with Crippen LogP contribution in [-0.4, -0.2) is 24.0 Å². The van der Waals surface area contributed by atoms with E-state index < -0.39 is 0 Å². The van der Waals surface area contributed by atoms with Crippen molar-refractivity contribution < 1.29 is 4.79 Å². The van der Waals surface area contributed by atoms with Crippen LogP contribution < -0.4 is 10.6 Å². The van der Waals surface area contributed by atoms with Crippen LogP contribution in [0.2, 0.25) is 0 Å². The Morgan fingerprint density at radius 1 is 1.24 bits per heavy atom. The van der Waals surface area contributed by atoms with Gasteiger partial charge in [-0.05, 0) is 43.5 Å². The summed E-state index contributed by atoms with van der Waals surface area (Å²) in [6.45, 7) is 4.31. The van der Waals surface area contributed by atoms with E-state index in [2.05, 4.69) is 39.9 Å². The maximum Gasteiger partial charge on any atom is 0.223 e. The third kappa shape index (κ3) is 3.79. The molecule has 2 N–H and O–H groups in total. The van der Waals surface area contributed by atoms with E-state index in [-0.39, 0.29) is 5.91 Å². The lowest BCUT2D eigenvalue weighted by atomic mass is 10.1. The highest BCUT2D eigenvalue weighted by Gasteiger charge is 2.28. The molecule has 1 aliphatic carbocycles. The Hall–Kier alpha value is -1.94. The van der Waals surface area contributed by atoms with Gasteiger partial charge in [0.05, 0.1) is 5.52 Å². The molecule has 3 rings (SSSR count). The predicted octanol–water partition coefficient (Wildman–Crippen LogP) is 2.16. The number of aryl methyl sites for hydroxylation is 1. The second kappa shape index (κ2) is 6.22. The van der Waals surface area contributed by atoms with E-state index in [1.807, 2.05) is 13.0 Å². The van der Waals surface area contributed by atoms with Crippen LogP contribution in [0.25, 0.3) is 10.9 Å². The van der Waals surface area contributed by atoms with E-state index in [1.165, 1.54) is 10.9 Å². The molecular formula is C17H21N3O. The molecule has 0 saturated heterocycles. The summed E-state index contributed by atoms with van der Waals surface area (Å²) in [6, 6.07) is 10.5. The Kier molecular flexibility index (Phi) is 4.15. The highest BCUT2D eigenvalue weighted by molar-refractivity contribution is 5.80. The Labute approximate surface area is 125 Å². The first-order valence-corrected chi connectivity index (χ1v) is 7.57. The molecule has 0 unspecified atom stereocenters. The monoisotopic (exact) mass is 283 g/mol. The van der Waals surface area contributed by atoms with Crippen LogP contribution in [0.15, 0.2) is 30.3 Å². The summed E-state index contributed by atoms with van der Waals surface area (Å²) in [6.07, 6.45) is 2.12. The molecule has 2 aromatic rings. The molecule has 1 heterocycles. The first kappa shape index (κ1) is 14.0. The SMILES string of the molecule is Cc1ccc2cc(CNCCNC(=O)C3CC3)ccc2n1. The van der Waals surface area contributed by atoms with E-state index in [1.54, 1.807) is 0 Å². The zero-order chi connectivity index (χ0) is 14.7. The Morgan fingerprint density at radius 3 is 2.90 bits per heavy atom. The van der Waals surface area contributed by atoms with Crippen LogP contribution in [-0.2, 0) is 11.3 Å². The van der Waals surface area contributed by atoms with Crippen molar-refractivity contribution >= 4 is 16.8 Å². The van der Waals surface area contributed by atoms with Gasteiger partial charge in [0.2, 0.25) is 5.91 Å². The molecule has 1 saturated carbocycles. The van der Waals surface area contributed by atoms with Gasteiger partial charge in [-0.25, -0.2) is 0 Å². The minimum absolute atomic E-state index is 0.212. The van der Waals surface area contributed by atoms with Crippen molar-refractivity contribution in [2.45, 2.75) is 26.3 Å². The third-order valence-corrected chi connectivity index (χ3v) is 3.77. The molecule has 0 bridgehead atoms. The molecule has 4 nitrogen and oxygen atoms in total. The van der Waals surface area contributed by atoms with Gasteiger partial charge in [0.1, 0.15) is 0 Å². The summed E-state index contributed by atoms with van der Waals surface area (Å²) in [5, 5.41) is 7.48. The first-order valence-electron chi connectivity index (χ1n) is 7.57. The van der Waals surface area contributed by atoms with Crippen LogP contribution in [0, 0.1) is 12.8 Å². The maximum atomic E-state index is 11.5. The van der Waals surface area contributed by atoms with Crippen LogP contribution >= 0.6 is 0 Å². The molecule has 0 spiro atoms. The van der Waals surface area contributed by atoms with Crippen LogP contribution in [0.1, 0.15) is 24.1 Å². The van der Waals surface area contributed by atoms with E-state index in [0.29, 0.717) is 12.5 Å². The Balaban J connectivity index is 1.46. The fourth-order valence-electron chi connectivity index (χ4n) is 2.38. The largest absolute Gasteiger partial charge is 0.355 e. The fraction of sp³-hybridized carbons (Fsp3) is 0.412. The van der Waals surface area contributed by atoms with Gasteiger partial charge in [0, 0.05) is 36.6 Å². The van der Waals surface area contributed by atoms with E-state index in [0.717, 1.165) is 37.1 Å². The lowest BCUT2D eigenvalue weighted by molar-refractivity contribution is -0.122. The predicted molar refractivity (Wildman–Crippen MR) is 83.9 cm³/mol. The average Bonchev–Trinajstić information content (AvgIpc) is 3.31. The van der Waals surface area contributed by atoms with Gasteiger partial charge >= 0.3 is 0 Å². The Bertz CT molecular complexity index is 650. The molecule has 4 heteroatoms. The first-order chi connectivity index (χ1) is 10.2. The highest BCUT2D eigenvalue weighted by Crippen LogP contribution is 2.28. The maximum absolute atomic E-state index is 11.5. The van der Waals surface area contributed by atoms with Gasteiger partial charge in [-0.3, -0.25) is 9.78 Å². The second-order valence-electron chi connectivity index (χ2n) is 5.72. The summed E-state index contributed by atoms with van der Waals surface area (Å²) in [4.78, 5) is 16.0. The molecule has 1 amide bonds. The van der Waals surface area contributed by atoms with Crippen molar-refractivity contribution in [3.8, 4) is 0 Å². The normalized spacial score (nSPS) is 14.3. The number of carbonyl (C=O) groups is 1. The molecule has 1 aliphatic rings.